The van der Waals surface area contributed by atoms with Crippen LogP contribution in [-0.4, -0.2) is 28.2 Å². The van der Waals surface area contributed by atoms with Gasteiger partial charge < -0.3 is 16.4 Å². The third kappa shape index (κ3) is 4.03. The molecule has 0 fully saturated rings. The van der Waals surface area contributed by atoms with E-state index in [-0.39, 0.29) is 19.0 Å². The molecule has 0 bridgehead atoms. The second kappa shape index (κ2) is 6.36. The number of amides is 2. The largest absolute Gasteiger partial charge is 0.399 e. The predicted octanol–water partition coefficient (Wildman–Crippen LogP) is 1.16. The molecule has 4 N–H and O–H groups in total. The number of aromatic nitrogens is 1. The zero-order valence-electron chi connectivity index (χ0n) is 11.6. The molecule has 0 saturated heterocycles. The fourth-order valence-electron chi connectivity index (χ4n) is 1.92. The number of benzene rings is 1. The lowest BCUT2D eigenvalue weighted by Crippen LogP contribution is -2.37. The number of hydrogen-bond acceptors (Lipinski definition) is 5. The van der Waals surface area contributed by atoms with E-state index in [1.165, 1.54) is 22.4 Å². The average molecular weight is 304 g/mol. The van der Waals surface area contributed by atoms with E-state index >= 15 is 0 Å². The molecule has 2 amide bonds. The zero-order valence-corrected chi connectivity index (χ0v) is 12.4. The summed E-state index contributed by atoms with van der Waals surface area (Å²) in [6.45, 7) is 1.94. The van der Waals surface area contributed by atoms with E-state index in [1.54, 1.807) is 18.2 Å². The number of nitrogens with zero attached hydrogens (tertiary/aromatic N) is 2. The van der Waals surface area contributed by atoms with Crippen molar-refractivity contribution in [3.05, 3.63) is 45.9 Å². The maximum Gasteiger partial charge on any atom is 0.266 e. The second-order valence-electron chi connectivity index (χ2n) is 4.62. The summed E-state index contributed by atoms with van der Waals surface area (Å²) in [5, 5.41) is 0.793. The lowest BCUT2D eigenvalue weighted by Gasteiger charge is -2.20. The first-order chi connectivity index (χ1) is 9.95. The van der Waals surface area contributed by atoms with Gasteiger partial charge >= 0.3 is 0 Å². The summed E-state index contributed by atoms with van der Waals surface area (Å²) in [7, 11) is 0. The van der Waals surface area contributed by atoms with E-state index in [1.807, 2.05) is 13.0 Å². The molecule has 1 heterocycles. The molecule has 2 rings (SSSR count). The Balaban J connectivity index is 2.21. The SMILES string of the molecule is Cc1ncc(C(=O)N(CC(N)=O)Cc2cccc(N)c2)s1. The summed E-state index contributed by atoms with van der Waals surface area (Å²) < 4.78 is 0. The lowest BCUT2D eigenvalue weighted by molar-refractivity contribution is -0.118. The van der Waals surface area contributed by atoms with Gasteiger partial charge in [-0.15, -0.1) is 11.3 Å². The molecule has 0 atom stereocenters. The number of aryl methyl sites for hydroxylation is 1. The topological polar surface area (TPSA) is 102 Å². The number of primary amides is 1. The molecule has 2 aromatic rings. The van der Waals surface area contributed by atoms with Gasteiger partial charge in [0.05, 0.1) is 11.2 Å². The Morgan fingerprint density at radius 1 is 1.38 bits per heavy atom. The normalized spacial score (nSPS) is 10.3. The standard InChI is InChI=1S/C14H16N4O2S/c1-9-17-6-12(21-9)14(20)18(8-13(16)19)7-10-3-2-4-11(15)5-10/h2-6H,7-8,15H2,1H3,(H2,16,19). The second-order valence-corrected chi connectivity index (χ2v) is 5.85. The van der Waals surface area contributed by atoms with Gasteiger partial charge in [0.25, 0.3) is 5.91 Å². The molecule has 1 aromatic carbocycles. The average Bonchev–Trinajstić information content (AvgIpc) is 2.83. The summed E-state index contributed by atoms with van der Waals surface area (Å²) in [4.78, 5) is 29.6. The summed E-state index contributed by atoms with van der Waals surface area (Å²) in [6, 6.07) is 7.17. The fraction of sp³-hybridized carbons (Fsp3) is 0.214. The summed E-state index contributed by atoms with van der Waals surface area (Å²) in [6.07, 6.45) is 1.51. The van der Waals surface area contributed by atoms with Gasteiger partial charge in [-0.2, -0.15) is 0 Å². The van der Waals surface area contributed by atoms with Crippen molar-refractivity contribution in [1.29, 1.82) is 0 Å². The number of anilines is 1. The molecular formula is C14H16N4O2S. The van der Waals surface area contributed by atoms with E-state index < -0.39 is 5.91 Å². The van der Waals surface area contributed by atoms with Crippen molar-refractivity contribution >= 4 is 28.8 Å². The van der Waals surface area contributed by atoms with Crippen LogP contribution >= 0.6 is 11.3 Å². The molecule has 0 aliphatic heterocycles. The van der Waals surface area contributed by atoms with Crippen LogP contribution in [0.5, 0.6) is 0 Å². The minimum atomic E-state index is -0.562. The van der Waals surface area contributed by atoms with Crippen LogP contribution in [-0.2, 0) is 11.3 Å². The van der Waals surface area contributed by atoms with Gasteiger partial charge in [-0.3, -0.25) is 9.59 Å². The van der Waals surface area contributed by atoms with Crippen molar-refractivity contribution in [3.63, 3.8) is 0 Å². The highest BCUT2D eigenvalue weighted by atomic mass is 32.1. The molecule has 6 nitrogen and oxygen atoms in total. The number of carbonyl (C=O) groups excluding carboxylic acids is 2. The molecule has 110 valence electrons. The first kappa shape index (κ1) is 15.0. The summed E-state index contributed by atoms with van der Waals surface area (Å²) >= 11 is 1.29. The van der Waals surface area contributed by atoms with Crippen molar-refractivity contribution in [1.82, 2.24) is 9.88 Å². The molecule has 0 aliphatic rings. The fourth-order valence-corrected chi connectivity index (χ4v) is 2.66. The Kier molecular flexibility index (Phi) is 4.54. The van der Waals surface area contributed by atoms with Crippen LogP contribution in [0.1, 0.15) is 20.2 Å². The Bertz CT molecular complexity index is 668. The van der Waals surface area contributed by atoms with Gasteiger partial charge in [-0.25, -0.2) is 4.98 Å². The molecule has 21 heavy (non-hydrogen) atoms. The first-order valence-electron chi connectivity index (χ1n) is 6.30. The maximum atomic E-state index is 12.4. The minimum absolute atomic E-state index is 0.148. The van der Waals surface area contributed by atoms with Gasteiger partial charge in [0.2, 0.25) is 5.91 Å². The summed E-state index contributed by atoms with van der Waals surface area (Å²) in [5.74, 6) is -0.824. The molecule has 0 saturated carbocycles. The van der Waals surface area contributed by atoms with Crippen molar-refractivity contribution < 1.29 is 9.59 Å². The third-order valence-corrected chi connectivity index (χ3v) is 3.69. The highest BCUT2D eigenvalue weighted by Gasteiger charge is 2.20. The zero-order chi connectivity index (χ0) is 15.4. The van der Waals surface area contributed by atoms with Gasteiger partial charge in [-0.1, -0.05) is 12.1 Å². The summed E-state index contributed by atoms with van der Waals surface area (Å²) in [5.41, 5.74) is 12.4. The van der Waals surface area contributed by atoms with E-state index in [0.29, 0.717) is 10.6 Å². The van der Waals surface area contributed by atoms with Crippen LogP contribution in [0.25, 0.3) is 0 Å². The number of carbonyl (C=O) groups is 2. The van der Waals surface area contributed by atoms with E-state index in [4.69, 9.17) is 11.5 Å². The molecule has 7 heteroatoms. The molecular weight excluding hydrogens is 288 g/mol. The van der Waals surface area contributed by atoms with Crippen molar-refractivity contribution in [2.75, 3.05) is 12.3 Å². The van der Waals surface area contributed by atoms with Crippen LogP contribution in [0, 0.1) is 6.92 Å². The van der Waals surface area contributed by atoms with Crippen molar-refractivity contribution in [3.8, 4) is 0 Å². The number of thiazole rings is 1. The highest BCUT2D eigenvalue weighted by Crippen LogP contribution is 2.17. The molecule has 0 radical (unpaired) electrons. The van der Waals surface area contributed by atoms with Gasteiger partial charge in [-0.05, 0) is 24.6 Å². The van der Waals surface area contributed by atoms with E-state index in [0.717, 1.165) is 10.6 Å². The maximum absolute atomic E-state index is 12.4. The molecule has 0 aliphatic carbocycles. The van der Waals surface area contributed by atoms with Crippen LogP contribution in [0.15, 0.2) is 30.5 Å². The highest BCUT2D eigenvalue weighted by molar-refractivity contribution is 7.13. The Labute approximate surface area is 126 Å². The van der Waals surface area contributed by atoms with Crippen LogP contribution in [0.4, 0.5) is 5.69 Å². The monoisotopic (exact) mass is 304 g/mol. The third-order valence-electron chi connectivity index (χ3n) is 2.79. The Morgan fingerprint density at radius 3 is 2.71 bits per heavy atom. The first-order valence-corrected chi connectivity index (χ1v) is 7.12. The van der Waals surface area contributed by atoms with E-state index in [2.05, 4.69) is 4.98 Å². The quantitative estimate of drug-likeness (QED) is 0.809. The minimum Gasteiger partial charge on any atom is -0.399 e. The number of rotatable bonds is 5. The lowest BCUT2D eigenvalue weighted by atomic mass is 10.2. The van der Waals surface area contributed by atoms with Crippen molar-refractivity contribution in [2.24, 2.45) is 5.73 Å². The predicted molar refractivity (Wildman–Crippen MR) is 81.6 cm³/mol. The van der Waals surface area contributed by atoms with E-state index in [9.17, 15) is 9.59 Å². The van der Waals surface area contributed by atoms with Crippen LogP contribution in [0.2, 0.25) is 0 Å². The smallest absolute Gasteiger partial charge is 0.266 e. The van der Waals surface area contributed by atoms with Gasteiger partial charge in [0.15, 0.2) is 0 Å². The van der Waals surface area contributed by atoms with Crippen molar-refractivity contribution in [2.45, 2.75) is 13.5 Å². The molecule has 0 spiro atoms. The molecule has 0 unspecified atom stereocenters. The van der Waals surface area contributed by atoms with Crippen LogP contribution < -0.4 is 11.5 Å². The van der Waals surface area contributed by atoms with Gasteiger partial charge in [0.1, 0.15) is 11.4 Å². The number of hydrogen-bond donors (Lipinski definition) is 2. The molecule has 1 aromatic heterocycles. The Morgan fingerprint density at radius 2 is 2.14 bits per heavy atom. The number of nitrogen functional groups attached to an aromatic ring is 1. The van der Waals surface area contributed by atoms with Gasteiger partial charge in [0, 0.05) is 12.2 Å². The number of nitrogens with two attached hydrogens (primary N) is 2. The Hall–Kier alpha value is -2.41. The van der Waals surface area contributed by atoms with Crippen LogP contribution in [0.3, 0.4) is 0 Å².